The van der Waals surface area contributed by atoms with E-state index < -0.39 is 0 Å². The Balaban J connectivity index is 2.49. The van der Waals surface area contributed by atoms with E-state index in [9.17, 15) is 0 Å². The molecule has 5 nitrogen and oxygen atoms in total. The van der Waals surface area contributed by atoms with Gasteiger partial charge in [0.1, 0.15) is 12.9 Å². The Labute approximate surface area is 103 Å². The van der Waals surface area contributed by atoms with Crippen LogP contribution in [0.5, 0.6) is 0 Å². The first-order chi connectivity index (χ1) is 7.86. The summed E-state index contributed by atoms with van der Waals surface area (Å²) in [7, 11) is 1.93. The van der Waals surface area contributed by atoms with Gasteiger partial charge in [0.15, 0.2) is 0 Å². The zero-order valence-corrected chi connectivity index (χ0v) is 11.3. The molecule has 0 bridgehead atoms. The summed E-state index contributed by atoms with van der Waals surface area (Å²) < 4.78 is 5.82. The highest BCUT2D eigenvalue weighted by Gasteiger charge is 2.25. The lowest BCUT2D eigenvalue weighted by molar-refractivity contribution is -0.0547. The van der Waals surface area contributed by atoms with Crippen molar-refractivity contribution in [1.29, 1.82) is 0 Å². The number of rotatable bonds is 4. The monoisotopic (exact) mass is 241 g/mol. The van der Waals surface area contributed by atoms with Gasteiger partial charge in [-0.05, 0) is 12.3 Å². The minimum absolute atomic E-state index is 0.0767. The van der Waals surface area contributed by atoms with Crippen molar-refractivity contribution in [2.45, 2.75) is 40.0 Å². The summed E-state index contributed by atoms with van der Waals surface area (Å²) in [5, 5.41) is 11.7. The molecule has 0 amide bonds. The van der Waals surface area contributed by atoms with Crippen LogP contribution >= 0.6 is 0 Å². The van der Waals surface area contributed by atoms with Gasteiger partial charge in [0.25, 0.3) is 0 Å². The Morgan fingerprint density at radius 1 is 1.47 bits per heavy atom. The van der Waals surface area contributed by atoms with Crippen LogP contribution in [0.2, 0.25) is 0 Å². The lowest BCUT2D eigenvalue weighted by atomic mass is 9.90. The van der Waals surface area contributed by atoms with Crippen molar-refractivity contribution in [2.24, 2.45) is 10.6 Å². The van der Waals surface area contributed by atoms with Crippen LogP contribution < -0.4 is 0 Å². The molecule has 0 fully saturated rings. The molecular weight excluding hydrogens is 218 g/mol. The van der Waals surface area contributed by atoms with E-state index in [1.807, 2.05) is 29.2 Å². The van der Waals surface area contributed by atoms with Crippen molar-refractivity contribution in [1.82, 2.24) is 9.80 Å². The predicted octanol–water partition coefficient (Wildman–Crippen LogP) is 1.90. The molecule has 17 heavy (non-hydrogen) atoms. The number of nitrogens with zero attached hydrogens (tertiary/aromatic N) is 3. The highest BCUT2D eigenvalue weighted by atomic mass is 16.5. The van der Waals surface area contributed by atoms with Crippen LogP contribution in [0.25, 0.3) is 0 Å². The van der Waals surface area contributed by atoms with E-state index in [2.05, 4.69) is 32.9 Å². The Bertz CT molecular complexity index is 297. The fourth-order valence-electron chi connectivity index (χ4n) is 1.42. The number of hydrogen-bond donors (Lipinski definition) is 1. The van der Waals surface area contributed by atoms with Crippen molar-refractivity contribution in [3.05, 3.63) is 12.4 Å². The van der Waals surface area contributed by atoms with Crippen molar-refractivity contribution >= 4 is 6.21 Å². The van der Waals surface area contributed by atoms with Crippen molar-refractivity contribution in [3.8, 4) is 0 Å². The van der Waals surface area contributed by atoms with Crippen molar-refractivity contribution < 1.29 is 9.94 Å². The summed E-state index contributed by atoms with van der Waals surface area (Å²) in [5.74, 6) is 0. The molecule has 0 spiro atoms. The summed E-state index contributed by atoms with van der Waals surface area (Å²) in [6.07, 6.45) is 5.42. The quantitative estimate of drug-likeness (QED) is 0.464. The molecule has 1 rings (SSSR count). The molecule has 1 N–H and O–H groups in total. The number of ether oxygens (including phenoxy) is 1. The number of hydrogen-bond acceptors (Lipinski definition) is 5. The van der Waals surface area contributed by atoms with Crippen molar-refractivity contribution in [3.63, 3.8) is 0 Å². The van der Waals surface area contributed by atoms with Crippen LogP contribution in [0.15, 0.2) is 17.6 Å². The zero-order valence-electron chi connectivity index (χ0n) is 11.3. The fraction of sp³-hybridized carbons (Fsp3) is 0.750. The lowest BCUT2D eigenvalue weighted by Gasteiger charge is -2.32. The van der Waals surface area contributed by atoms with Gasteiger partial charge in [0.2, 0.25) is 0 Å². The zero-order chi connectivity index (χ0) is 13.1. The first-order valence-corrected chi connectivity index (χ1v) is 5.81. The third-order valence-corrected chi connectivity index (χ3v) is 3.14. The third kappa shape index (κ3) is 3.63. The van der Waals surface area contributed by atoms with Gasteiger partial charge >= 0.3 is 0 Å². The highest BCUT2D eigenvalue weighted by Crippen LogP contribution is 2.22. The molecule has 1 aliphatic heterocycles. The van der Waals surface area contributed by atoms with E-state index in [4.69, 9.17) is 9.94 Å². The maximum Gasteiger partial charge on any atom is 0.142 e. The van der Waals surface area contributed by atoms with E-state index >= 15 is 0 Å². The number of oxime groups is 1. The Hall–Kier alpha value is -1.23. The Morgan fingerprint density at radius 2 is 2.12 bits per heavy atom. The third-order valence-electron chi connectivity index (χ3n) is 3.14. The maximum absolute atomic E-state index is 8.62. The second kappa shape index (κ2) is 5.40. The van der Waals surface area contributed by atoms with Crippen LogP contribution in [-0.4, -0.2) is 47.3 Å². The Morgan fingerprint density at radius 3 is 2.65 bits per heavy atom. The van der Waals surface area contributed by atoms with Gasteiger partial charge in [-0.3, -0.25) is 0 Å². The molecule has 2 unspecified atom stereocenters. The molecule has 0 aromatic heterocycles. The van der Waals surface area contributed by atoms with Gasteiger partial charge in [-0.25, -0.2) is 0 Å². The van der Waals surface area contributed by atoms with Gasteiger partial charge in [0.05, 0.1) is 12.3 Å². The normalized spacial score (nSPS) is 22.8. The van der Waals surface area contributed by atoms with Crippen molar-refractivity contribution in [2.75, 3.05) is 13.8 Å². The van der Waals surface area contributed by atoms with Crippen LogP contribution in [0.3, 0.4) is 0 Å². The molecule has 5 heteroatoms. The molecule has 0 aromatic carbocycles. The van der Waals surface area contributed by atoms with Crippen LogP contribution in [0.4, 0.5) is 0 Å². The topological polar surface area (TPSA) is 48.3 Å². The highest BCUT2D eigenvalue weighted by molar-refractivity contribution is 5.64. The molecule has 0 aromatic rings. The van der Waals surface area contributed by atoms with E-state index in [-0.39, 0.29) is 17.7 Å². The van der Waals surface area contributed by atoms with Gasteiger partial charge in [-0.15, -0.1) is 0 Å². The lowest BCUT2D eigenvalue weighted by Crippen LogP contribution is -2.40. The Kier molecular flexibility index (Phi) is 4.40. The molecule has 1 heterocycles. The van der Waals surface area contributed by atoms with E-state index in [1.165, 1.54) is 6.21 Å². The molecule has 0 saturated heterocycles. The first-order valence-electron chi connectivity index (χ1n) is 5.81. The molecule has 0 saturated carbocycles. The van der Waals surface area contributed by atoms with Crippen LogP contribution in [0.1, 0.15) is 27.7 Å². The molecule has 1 aliphatic rings. The summed E-state index contributed by atoms with van der Waals surface area (Å²) in [5.41, 5.74) is 0.121. The standard InChI is InChI=1S/C12H23N3O2/c1-10(12(2,3)4)17-9-15-7-6-14(5)11(15)8-13-16/h6-8,10-11,16H,9H2,1-5H3/b13-8-. The van der Waals surface area contributed by atoms with Gasteiger partial charge in [-0.2, -0.15) is 0 Å². The largest absolute Gasteiger partial charge is 0.411 e. The molecule has 0 aliphatic carbocycles. The minimum Gasteiger partial charge on any atom is -0.411 e. The van der Waals surface area contributed by atoms with E-state index in [1.54, 1.807) is 0 Å². The van der Waals surface area contributed by atoms with E-state index in [0.29, 0.717) is 6.73 Å². The first kappa shape index (κ1) is 13.8. The predicted molar refractivity (Wildman–Crippen MR) is 67.7 cm³/mol. The average molecular weight is 241 g/mol. The van der Waals surface area contributed by atoms with Crippen LogP contribution in [0, 0.1) is 5.41 Å². The van der Waals surface area contributed by atoms with Gasteiger partial charge < -0.3 is 19.7 Å². The fourth-order valence-corrected chi connectivity index (χ4v) is 1.42. The second-order valence-corrected chi connectivity index (χ2v) is 5.46. The summed E-state index contributed by atoms with van der Waals surface area (Å²) in [6, 6.07) is 0. The minimum atomic E-state index is -0.0767. The summed E-state index contributed by atoms with van der Waals surface area (Å²) >= 11 is 0. The SMILES string of the molecule is CC(OCN1C=CN(C)C1/C=N\O)C(C)(C)C. The van der Waals surface area contributed by atoms with Gasteiger partial charge in [-0.1, -0.05) is 25.9 Å². The van der Waals surface area contributed by atoms with E-state index in [0.717, 1.165) is 0 Å². The molecule has 0 radical (unpaired) electrons. The second-order valence-electron chi connectivity index (χ2n) is 5.46. The van der Waals surface area contributed by atoms with Gasteiger partial charge in [0, 0.05) is 19.4 Å². The molecular formula is C12H23N3O2. The summed E-state index contributed by atoms with van der Waals surface area (Å²) in [4.78, 5) is 3.92. The smallest absolute Gasteiger partial charge is 0.142 e. The van der Waals surface area contributed by atoms with Crippen LogP contribution in [-0.2, 0) is 4.74 Å². The summed E-state index contributed by atoms with van der Waals surface area (Å²) in [6.45, 7) is 9.00. The molecule has 2 atom stereocenters. The maximum atomic E-state index is 8.62. The molecule has 98 valence electrons. The average Bonchev–Trinajstić information content (AvgIpc) is 2.56.